The van der Waals surface area contributed by atoms with Crippen LogP contribution >= 0.6 is 11.3 Å². The van der Waals surface area contributed by atoms with Gasteiger partial charge in [0.25, 0.3) is 0 Å². The average molecular weight is 294 g/mol. The van der Waals surface area contributed by atoms with E-state index in [1.165, 1.54) is 0 Å². The molecule has 1 aliphatic rings. The van der Waals surface area contributed by atoms with Gasteiger partial charge in [-0.2, -0.15) is 0 Å². The highest BCUT2D eigenvalue weighted by Gasteiger charge is 2.19. The molecule has 0 unspecified atom stereocenters. The van der Waals surface area contributed by atoms with Gasteiger partial charge < -0.3 is 10.2 Å². The normalized spacial score (nSPS) is 18.2. The minimum atomic E-state index is -0.0696. The van der Waals surface area contributed by atoms with E-state index in [0.29, 0.717) is 13.0 Å². The van der Waals surface area contributed by atoms with Crippen molar-refractivity contribution < 1.29 is 9.59 Å². The quantitative estimate of drug-likeness (QED) is 0.928. The Morgan fingerprint density at radius 3 is 2.95 bits per heavy atom. The summed E-state index contributed by atoms with van der Waals surface area (Å²) in [6.07, 6.45) is 4.80. The largest absolute Gasteiger partial charge is 0.347 e. The van der Waals surface area contributed by atoms with E-state index >= 15 is 0 Å². The number of rotatable bonds is 4. The van der Waals surface area contributed by atoms with Crippen LogP contribution in [0.25, 0.3) is 0 Å². The molecule has 1 N–H and O–H groups in total. The maximum atomic E-state index is 12.1. The van der Waals surface area contributed by atoms with Gasteiger partial charge >= 0.3 is 0 Å². The number of hydrogen-bond donors (Lipinski definition) is 1. The van der Waals surface area contributed by atoms with Gasteiger partial charge in [0.15, 0.2) is 0 Å². The summed E-state index contributed by atoms with van der Waals surface area (Å²) >= 11 is 1.63. The van der Waals surface area contributed by atoms with Gasteiger partial charge in [-0.15, -0.1) is 11.3 Å². The Morgan fingerprint density at radius 1 is 1.40 bits per heavy atom. The Labute approximate surface area is 124 Å². The third kappa shape index (κ3) is 4.34. The number of likely N-dealkylation sites (tertiary alicyclic amines) is 1. The van der Waals surface area contributed by atoms with Gasteiger partial charge in [0.05, 0.1) is 12.6 Å². The Kier molecular flexibility index (Phi) is 5.59. The van der Waals surface area contributed by atoms with Crippen molar-refractivity contribution >= 4 is 23.2 Å². The highest BCUT2D eigenvalue weighted by Crippen LogP contribution is 2.18. The molecule has 0 aliphatic carbocycles. The average Bonchev–Trinajstić information content (AvgIpc) is 2.92. The molecule has 0 spiro atoms. The van der Waals surface area contributed by atoms with Crippen molar-refractivity contribution in [3.8, 4) is 0 Å². The van der Waals surface area contributed by atoms with Crippen molar-refractivity contribution in [1.82, 2.24) is 10.2 Å². The molecule has 110 valence electrons. The summed E-state index contributed by atoms with van der Waals surface area (Å²) in [6.45, 7) is 2.87. The lowest BCUT2D eigenvalue weighted by atomic mass is 10.1. The van der Waals surface area contributed by atoms with Crippen LogP contribution in [-0.4, -0.2) is 29.8 Å². The summed E-state index contributed by atoms with van der Waals surface area (Å²) in [5.74, 6) is 0.0449. The monoisotopic (exact) mass is 294 g/mol. The number of nitrogens with one attached hydrogen (secondary N) is 1. The topological polar surface area (TPSA) is 49.4 Å². The SMILES string of the molecule is C[C@H](NC(=O)CN1CCCCCCC1=O)c1cccs1. The van der Waals surface area contributed by atoms with Crippen molar-refractivity contribution in [1.29, 1.82) is 0 Å². The van der Waals surface area contributed by atoms with Crippen molar-refractivity contribution in [3.05, 3.63) is 22.4 Å². The number of nitrogens with zero attached hydrogens (tertiary/aromatic N) is 1. The fraction of sp³-hybridized carbons (Fsp3) is 0.600. The third-order valence-electron chi connectivity index (χ3n) is 3.60. The van der Waals surface area contributed by atoms with Gasteiger partial charge in [0.1, 0.15) is 0 Å². The Bertz CT molecular complexity index is 445. The second kappa shape index (κ2) is 7.43. The van der Waals surface area contributed by atoms with Gasteiger partial charge in [-0.3, -0.25) is 9.59 Å². The van der Waals surface area contributed by atoms with E-state index in [9.17, 15) is 9.59 Å². The molecule has 1 saturated heterocycles. The van der Waals surface area contributed by atoms with Crippen LogP contribution in [0.3, 0.4) is 0 Å². The molecule has 4 nitrogen and oxygen atoms in total. The number of thiophene rings is 1. The van der Waals surface area contributed by atoms with Crippen molar-refractivity contribution in [3.63, 3.8) is 0 Å². The molecule has 2 rings (SSSR count). The molecular weight excluding hydrogens is 272 g/mol. The van der Waals surface area contributed by atoms with Gasteiger partial charge in [0.2, 0.25) is 11.8 Å². The fourth-order valence-electron chi connectivity index (χ4n) is 2.45. The fourth-order valence-corrected chi connectivity index (χ4v) is 3.19. The first kappa shape index (κ1) is 15.0. The van der Waals surface area contributed by atoms with E-state index in [1.54, 1.807) is 16.2 Å². The minimum absolute atomic E-state index is 0.00681. The third-order valence-corrected chi connectivity index (χ3v) is 4.66. The molecule has 1 aromatic heterocycles. The molecule has 1 fully saturated rings. The lowest BCUT2D eigenvalue weighted by molar-refractivity contribution is -0.136. The number of carbonyl (C=O) groups is 2. The maximum Gasteiger partial charge on any atom is 0.240 e. The van der Waals surface area contributed by atoms with Gasteiger partial charge in [0, 0.05) is 17.8 Å². The van der Waals surface area contributed by atoms with Crippen LogP contribution in [0.5, 0.6) is 0 Å². The number of carbonyl (C=O) groups excluding carboxylic acids is 2. The smallest absolute Gasteiger partial charge is 0.240 e. The molecular formula is C15H22N2O2S. The Morgan fingerprint density at radius 2 is 2.20 bits per heavy atom. The van der Waals surface area contributed by atoms with Gasteiger partial charge in [-0.25, -0.2) is 0 Å². The summed E-state index contributed by atoms with van der Waals surface area (Å²) in [7, 11) is 0. The minimum Gasteiger partial charge on any atom is -0.347 e. The first-order chi connectivity index (χ1) is 9.66. The summed E-state index contributed by atoms with van der Waals surface area (Å²) in [5, 5.41) is 4.96. The highest BCUT2D eigenvalue weighted by atomic mass is 32.1. The number of hydrogen-bond acceptors (Lipinski definition) is 3. The number of amides is 2. The van der Waals surface area contributed by atoms with Crippen LogP contribution in [0.4, 0.5) is 0 Å². The van der Waals surface area contributed by atoms with Crippen LogP contribution < -0.4 is 5.32 Å². The summed E-state index contributed by atoms with van der Waals surface area (Å²) in [4.78, 5) is 26.9. The van der Waals surface area contributed by atoms with E-state index in [0.717, 1.165) is 30.6 Å². The molecule has 20 heavy (non-hydrogen) atoms. The Balaban J connectivity index is 1.84. The van der Waals surface area contributed by atoms with Crippen LogP contribution in [-0.2, 0) is 9.59 Å². The molecule has 2 amide bonds. The second-order valence-corrected chi connectivity index (χ2v) is 6.26. The Hall–Kier alpha value is -1.36. The van der Waals surface area contributed by atoms with E-state index in [-0.39, 0.29) is 24.4 Å². The molecule has 1 aromatic rings. The molecule has 2 heterocycles. The summed E-state index contributed by atoms with van der Waals surface area (Å²) in [6, 6.07) is 3.99. The van der Waals surface area contributed by atoms with E-state index in [4.69, 9.17) is 0 Å². The predicted octanol–water partition coefficient (Wildman–Crippen LogP) is 2.72. The van der Waals surface area contributed by atoms with Crippen molar-refractivity contribution in [2.24, 2.45) is 0 Å². The van der Waals surface area contributed by atoms with E-state index < -0.39 is 0 Å². The van der Waals surface area contributed by atoms with Crippen LogP contribution in [0, 0.1) is 0 Å². The zero-order chi connectivity index (χ0) is 14.4. The van der Waals surface area contributed by atoms with Crippen LogP contribution in [0.1, 0.15) is 49.9 Å². The van der Waals surface area contributed by atoms with E-state index in [1.807, 2.05) is 24.4 Å². The molecule has 1 atom stereocenters. The lowest BCUT2D eigenvalue weighted by Gasteiger charge is -2.25. The van der Waals surface area contributed by atoms with Gasteiger partial charge in [-0.05, 0) is 31.2 Å². The lowest BCUT2D eigenvalue weighted by Crippen LogP contribution is -2.42. The molecule has 0 bridgehead atoms. The van der Waals surface area contributed by atoms with Crippen LogP contribution in [0.2, 0.25) is 0 Å². The standard InChI is InChI=1S/C15H22N2O2S/c1-12(13-7-6-10-20-13)16-14(18)11-17-9-5-3-2-4-8-15(17)19/h6-7,10,12H,2-5,8-9,11H2,1H3,(H,16,18)/t12-/m0/s1. The zero-order valence-electron chi connectivity index (χ0n) is 11.9. The predicted molar refractivity (Wildman–Crippen MR) is 80.5 cm³/mol. The first-order valence-electron chi connectivity index (χ1n) is 7.27. The van der Waals surface area contributed by atoms with Crippen LogP contribution in [0.15, 0.2) is 17.5 Å². The molecule has 0 saturated carbocycles. The summed E-state index contributed by atoms with van der Waals surface area (Å²) in [5.41, 5.74) is 0. The highest BCUT2D eigenvalue weighted by molar-refractivity contribution is 7.10. The zero-order valence-corrected chi connectivity index (χ0v) is 12.7. The summed E-state index contributed by atoms with van der Waals surface area (Å²) < 4.78 is 0. The maximum absolute atomic E-state index is 12.1. The molecule has 5 heteroatoms. The van der Waals surface area contributed by atoms with E-state index in [2.05, 4.69) is 5.32 Å². The van der Waals surface area contributed by atoms with Gasteiger partial charge in [-0.1, -0.05) is 18.9 Å². The molecule has 0 aromatic carbocycles. The molecule has 0 radical (unpaired) electrons. The first-order valence-corrected chi connectivity index (χ1v) is 8.15. The second-order valence-electron chi connectivity index (χ2n) is 5.28. The van der Waals surface area contributed by atoms with Crippen molar-refractivity contribution in [2.75, 3.05) is 13.1 Å². The van der Waals surface area contributed by atoms with Crippen molar-refractivity contribution in [2.45, 2.75) is 45.1 Å². The molecule has 1 aliphatic heterocycles.